The van der Waals surface area contributed by atoms with E-state index >= 15 is 0 Å². The topological polar surface area (TPSA) is 45.2 Å². The maximum absolute atomic E-state index is 13.4. The number of aromatic nitrogens is 1. The van der Waals surface area contributed by atoms with E-state index in [0.29, 0.717) is 18.1 Å². The van der Waals surface area contributed by atoms with E-state index in [-0.39, 0.29) is 31.6 Å². The lowest BCUT2D eigenvalue weighted by atomic mass is 10.1. The van der Waals surface area contributed by atoms with Gasteiger partial charge >= 0.3 is 6.03 Å². The largest absolute Gasteiger partial charge is 0.324 e. The number of thiazole rings is 1. The molecule has 26 heavy (non-hydrogen) atoms. The number of hydrogen-bond donors (Lipinski definition) is 1. The van der Waals surface area contributed by atoms with Crippen LogP contribution in [0.4, 0.5) is 23.1 Å². The molecule has 8 heteroatoms. The van der Waals surface area contributed by atoms with E-state index in [9.17, 15) is 18.0 Å². The molecular weight excluding hydrogens is 363 g/mol. The number of aryl methyl sites for hydroxylation is 1. The Morgan fingerprint density at radius 1 is 1.27 bits per heavy atom. The molecule has 1 N–H and O–H groups in total. The summed E-state index contributed by atoms with van der Waals surface area (Å²) < 4.78 is 39.8. The molecule has 2 aromatic rings. The molecule has 0 saturated carbocycles. The minimum absolute atomic E-state index is 0.0334. The van der Waals surface area contributed by atoms with Crippen LogP contribution in [0.3, 0.4) is 0 Å². The zero-order valence-corrected chi connectivity index (χ0v) is 15.2. The van der Waals surface area contributed by atoms with Gasteiger partial charge in [-0.1, -0.05) is 12.1 Å². The summed E-state index contributed by atoms with van der Waals surface area (Å²) in [6.45, 7) is 2.19. The highest BCUT2D eigenvalue weighted by molar-refractivity contribution is 7.15. The van der Waals surface area contributed by atoms with Gasteiger partial charge in [0.15, 0.2) is 5.13 Å². The number of nitrogens with zero attached hydrogens (tertiary/aromatic N) is 2. The molecule has 0 radical (unpaired) electrons. The van der Waals surface area contributed by atoms with E-state index in [4.69, 9.17) is 0 Å². The number of rotatable bonds is 3. The van der Waals surface area contributed by atoms with E-state index in [1.807, 2.05) is 6.92 Å². The van der Waals surface area contributed by atoms with Crippen molar-refractivity contribution in [3.05, 3.63) is 46.2 Å². The molecule has 2 amide bonds. The predicted octanol–water partition coefficient (Wildman–Crippen LogP) is 4.83. The van der Waals surface area contributed by atoms with Gasteiger partial charge in [0.1, 0.15) is 5.82 Å². The maximum atomic E-state index is 13.4. The first-order chi connectivity index (χ1) is 12.3. The van der Waals surface area contributed by atoms with Crippen molar-refractivity contribution in [2.24, 2.45) is 0 Å². The smallest absolute Gasteiger partial charge is 0.323 e. The van der Waals surface area contributed by atoms with Gasteiger partial charge in [-0.05, 0) is 31.0 Å². The molecule has 1 aliphatic heterocycles. The Morgan fingerprint density at radius 3 is 2.73 bits per heavy atom. The first-order valence-corrected chi connectivity index (χ1v) is 9.28. The fourth-order valence-electron chi connectivity index (χ4n) is 2.87. The Hall–Kier alpha value is -2.09. The van der Waals surface area contributed by atoms with Crippen LogP contribution < -0.4 is 5.32 Å². The number of urea groups is 1. The summed E-state index contributed by atoms with van der Waals surface area (Å²) in [6.07, 6.45) is 0.380. The van der Waals surface area contributed by atoms with Crippen molar-refractivity contribution in [3.63, 3.8) is 0 Å². The van der Waals surface area contributed by atoms with Gasteiger partial charge in [0.2, 0.25) is 5.92 Å². The Morgan fingerprint density at radius 2 is 2.00 bits per heavy atom. The fourth-order valence-corrected chi connectivity index (χ4v) is 3.86. The van der Waals surface area contributed by atoms with Crippen molar-refractivity contribution < 1.29 is 18.0 Å². The third kappa shape index (κ3) is 4.75. The van der Waals surface area contributed by atoms with Gasteiger partial charge in [-0.3, -0.25) is 5.32 Å². The van der Waals surface area contributed by atoms with Gasteiger partial charge < -0.3 is 4.90 Å². The molecule has 0 bridgehead atoms. The number of alkyl halides is 2. The minimum atomic E-state index is -2.70. The number of halogens is 3. The number of carbonyl (C=O) groups is 1. The standard InChI is InChI=1S/C18H20F3N3OS/c1-12-15(11-13-3-5-14(19)6-4-13)26-16(22-12)23-17(25)24-9-2-7-18(20,21)8-10-24/h3-6H,2,7-11H2,1H3,(H,22,23,25). The second kappa shape index (κ2) is 7.65. The van der Waals surface area contributed by atoms with Crippen LogP contribution in [0.5, 0.6) is 0 Å². The Kier molecular flexibility index (Phi) is 5.50. The third-order valence-electron chi connectivity index (χ3n) is 4.39. The lowest BCUT2D eigenvalue weighted by Gasteiger charge is -2.20. The molecule has 2 heterocycles. The predicted molar refractivity (Wildman–Crippen MR) is 95.4 cm³/mol. The number of benzene rings is 1. The summed E-state index contributed by atoms with van der Waals surface area (Å²) in [7, 11) is 0. The summed E-state index contributed by atoms with van der Waals surface area (Å²) in [5, 5.41) is 3.16. The monoisotopic (exact) mass is 383 g/mol. The molecule has 0 atom stereocenters. The van der Waals surface area contributed by atoms with E-state index < -0.39 is 12.0 Å². The van der Waals surface area contributed by atoms with Crippen LogP contribution in [0.2, 0.25) is 0 Å². The lowest BCUT2D eigenvalue weighted by molar-refractivity contribution is -0.0121. The summed E-state index contributed by atoms with van der Waals surface area (Å²) in [5.41, 5.74) is 1.74. The maximum Gasteiger partial charge on any atom is 0.323 e. The summed E-state index contributed by atoms with van der Waals surface area (Å²) in [6, 6.07) is 5.84. The van der Waals surface area contributed by atoms with Gasteiger partial charge in [-0.25, -0.2) is 22.9 Å². The molecule has 1 aromatic carbocycles. The Bertz CT molecular complexity index is 776. The van der Waals surface area contributed by atoms with E-state index in [2.05, 4.69) is 10.3 Å². The molecule has 140 valence electrons. The zero-order chi connectivity index (χ0) is 18.7. The van der Waals surface area contributed by atoms with E-state index in [1.165, 1.54) is 28.4 Å². The molecular formula is C18H20F3N3OS. The Labute approximate surface area is 154 Å². The second-order valence-corrected chi connectivity index (χ2v) is 7.54. The molecule has 0 unspecified atom stereocenters. The van der Waals surface area contributed by atoms with Gasteiger partial charge in [0.05, 0.1) is 5.69 Å². The van der Waals surface area contributed by atoms with Gasteiger partial charge in [-0.15, -0.1) is 11.3 Å². The quantitative estimate of drug-likeness (QED) is 0.825. The minimum Gasteiger partial charge on any atom is -0.324 e. The summed E-state index contributed by atoms with van der Waals surface area (Å²) >= 11 is 1.34. The molecule has 1 saturated heterocycles. The highest BCUT2D eigenvalue weighted by Crippen LogP contribution is 2.29. The van der Waals surface area contributed by atoms with Gasteiger partial charge in [-0.2, -0.15) is 0 Å². The fraction of sp³-hybridized carbons (Fsp3) is 0.444. The van der Waals surface area contributed by atoms with Gasteiger partial charge in [0, 0.05) is 37.2 Å². The number of hydrogen-bond acceptors (Lipinski definition) is 3. The summed E-state index contributed by atoms with van der Waals surface area (Å²) in [5.74, 6) is -2.99. The molecule has 1 fully saturated rings. The van der Waals surface area contributed by atoms with Gasteiger partial charge in [0.25, 0.3) is 0 Å². The van der Waals surface area contributed by atoms with Crippen LogP contribution in [0.15, 0.2) is 24.3 Å². The van der Waals surface area contributed by atoms with Crippen molar-refractivity contribution in [2.75, 3.05) is 18.4 Å². The zero-order valence-electron chi connectivity index (χ0n) is 14.4. The number of anilines is 1. The van der Waals surface area contributed by atoms with Crippen molar-refractivity contribution in [2.45, 2.75) is 38.5 Å². The van der Waals surface area contributed by atoms with Crippen LogP contribution >= 0.6 is 11.3 Å². The molecule has 0 spiro atoms. The number of nitrogens with one attached hydrogen (secondary N) is 1. The first kappa shape index (κ1) is 18.7. The van der Waals surface area contributed by atoms with Crippen LogP contribution in [0.25, 0.3) is 0 Å². The molecule has 3 rings (SSSR count). The molecule has 0 aliphatic carbocycles. The third-order valence-corrected chi connectivity index (χ3v) is 5.46. The van der Waals surface area contributed by atoms with Crippen LogP contribution in [0, 0.1) is 12.7 Å². The van der Waals surface area contributed by atoms with Crippen molar-refractivity contribution in [1.29, 1.82) is 0 Å². The average Bonchev–Trinajstić information content (AvgIpc) is 2.80. The lowest BCUT2D eigenvalue weighted by Crippen LogP contribution is -2.36. The van der Waals surface area contributed by atoms with E-state index in [1.54, 1.807) is 12.1 Å². The van der Waals surface area contributed by atoms with Crippen molar-refractivity contribution >= 4 is 22.5 Å². The molecule has 1 aromatic heterocycles. The van der Waals surface area contributed by atoms with E-state index in [0.717, 1.165) is 16.1 Å². The highest BCUT2D eigenvalue weighted by atomic mass is 32.1. The average molecular weight is 383 g/mol. The normalized spacial score (nSPS) is 17.0. The SMILES string of the molecule is Cc1nc(NC(=O)N2CCCC(F)(F)CC2)sc1Cc1ccc(F)cc1. The molecule has 4 nitrogen and oxygen atoms in total. The first-order valence-electron chi connectivity index (χ1n) is 8.47. The van der Waals surface area contributed by atoms with Crippen LogP contribution in [-0.2, 0) is 6.42 Å². The van der Waals surface area contributed by atoms with Crippen molar-refractivity contribution in [1.82, 2.24) is 9.88 Å². The summed E-state index contributed by atoms with van der Waals surface area (Å²) in [4.78, 5) is 19.1. The van der Waals surface area contributed by atoms with Crippen LogP contribution in [-0.4, -0.2) is 34.9 Å². The highest BCUT2D eigenvalue weighted by Gasteiger charge is 2.33. The number of amides is 2. The second-order valence-electron chi connectivity index (χ2n) is 6.46. The van der Waals surface area contributed by atoms with Crippen molar-refractivity contribution in [3.8, 4) is 0 Å². The Balaban J connectivity index is 1.63. The number of likely N-dealkylation sites (tertiary alicyclic amines) is 1. The molecule has 1 aliphatic rings. The van der Waals surface area contributed by atoms with Crippen LogP contribution in [0.1, 0.15) is 35.4 Å². The number of carbonyl (C=O) groups excluding carboxylic acids is 1.